The Labute approximate surface area is 128 Å². The molecule has 0 bridgehead atoms. The van der Waals surface area contributed by atoms with Crippen molar-refractivity contribution in [3.8, 4) is 0 Å². The molecule has 20 heavy (non-hydrogen) atoms. The SMILES string of the molecule is CCC(N[C@H](C)c1ccccc1Br)c1ccccc1F. The summed E-state index contributed by atoms with van der Waals surface area (Å²) in [6.07, 6.45) is 0.843. The van der Waals surface area contributed by atoms with Crippen molar-refractivity contribution in [1.82, 2.24) is 5.32 Å². The molecule has 0 saturated carbocycles. The van der Waals surface area contributed by atoms with E-state index in [-0.39, 0.29) is 17.9 Å². The van der Waals surface area contributed by atoms with Crippen molar-refractivity contribution in [2.24, 2.45) is 0 Å². The van der Waals surface area contributed by atoms with Gasteiger partial charge in [0.15, 0.2) is 0 Å². The fraction of sp³-hybridized carbons (Fsp3) is 0.294. The molecule has 0 aromatic heterocycles. The maximum Gasteiger partial charge on any atom is 0.127 e. The highest BCUT2D eigenvalue weighted by Crippen LogP contribution is 2.27. The molecule has 2 aromatic rings. The first-order chi connectivity index (χ1) is 9.63. The van der Waals surface area contributed by atoms with Crippen molar-refractivity contribution in [3.05, 3.63) is 69.9 Å². The third-order valence-corrected chi connectivity index (χ3v) is 4.23. The predicted octanol–water partition coefficient (Wildman–Crippen LogP) is 5.39. The van der Waals surface area contributed by atoms with E-state index >= 15 is 0 Å². The third-order valence-electron chi connectivity index (χ3n) is 3.51. The summed E-state index contributed by atoms with van der Waals surface area (Å²) in [6, 6.07) is 15.2. The van der Waals surface area contributed by atoms with E-state index in [9.17, 15) is 4.39 Å². The van der Waals surface area contributed by atoms with Gasteiger partial charge in [-0.25, -0.2) is 4.39 Å². The molecule has 0 radical (unpaired) electrons. The molecule has 0 saturated heterocycles. The number of hydrogen-bond acceptors (Lipinski definition) is 1. The average Bonchev–Trinajstić information content (AvgIpc) is 2.46. The Balaban J connectivity index is 2.19. The van der Waals surface area contributed by atoms with Gasteiger partial charge in [-0.2, -0.15) is 0 Å². The molecule has 2 atom stereocenters. The molecule has 2 rings (SSSR count). The normalized spacial score (nSPS) is 14.0. The Morgan fingerprint density at radius 3 is 2.25 bits per heavy atom. The molecule has 0 spiro atoms. The lowest BCUT2D eigenvalue weighted by atomic mass is 10.0. The topological polar surface area (TPSA) is 12.0 Å². The van der Waals surface area contributed by atoms with Gasteiger partial charge in [-0.1, -0.05) is 59.3 Å². The molecule has 1 nitrogen and oxygen atoms in total. The number of rotatable bonds is 5. The Bertz CT molecular complexity index is 570. The van der Waals surface area contributed by atoms with Crippen LogP contribution in [0.25, 0.3) is 0 Å². The van der Waals surface area contributed by atoms with Gasteiger partial charge < -0.3 is 5.32 Å². The quantitative estimate of drug-likeness (QED) is 0.772. The van der Waals surface area contributed by atoms with Crippen LogP contribution in [0.1, 0.15) is 43.5 Å². The van der Waals surface area contributed by atoms with Crippen LogP contribution < -0.4 is 5.32 Å². The van der Waals surface area contributed by atoms with Gasteiger partial charge in [0.05, 0.1) is 0 Å². The molecule has 1 unspecified atom stereocenters. The van der Waals surface area contributed by atoms with Gasteiger partial charge in [0.2, 0.25) is 0 Å². The second-order valence-corrected chi connectivity index (χ2v) is 5.75. The lowest BCUT2D eigenvalue weighted by Gasteiger charge is -2.24. The van der Waals surface area contributed by atoms with Crippen LogP contribution in [0, 0.1) is 5.82 Å². The molecule has 106 valence electrons. The standard InChI is InChI=1S/C17H19BrFN/c1-3-17(14-9-5-7-11-16(14)19)20-12(2)13-8-4-6-10-15(13)18/h4-12,17,20H,3H2,1-2H3/t12-,17?/m1/s1. The average molecular weight is 336 g/mol. The first-order valence-corrected chi connectivity index (χ1v) is 7.67. The highest BCUT2D eigenvalue weighted by Gasteiger charge is 2.17. The maximum absolute atomic E-state index is 13.9. The zero-order chi connectivity index (χ0) is 14.5. The summed E-state index contributed by atoms with van der Waals surface area (Å²) < 4.78 is 15.0. The van der Waals surface area contributed by atoms with Crippen molar-refractivity contribution in [2.45, 2.75) is 32.4 Å². The minimum Gasteiger partial charge on any atom is -0.303 e. The van der Waals surface area contributed by atoms with Crippen LogP contribution in [-0.4, -0.2) is 0 Å². The van der Waals surface area contributed by atoms with E-state index in [1.807, 2.05) is 30.3 Å². The fourth-order valence-corrected chi connectivity index (χ4v) is 3.03. The maximum atomic E-state index is 13.9. The van der Waals surface area contributed by atoms with Crippen molar-refractivity contribution in [3.63, 3.8) is 0 Å². The summed E-state index contributed by atoms with van der Waals surface area (Å²) >= 11 is 3.57. The van der Waals surface area contributed by atoms with E-state index in [2.05, 4.69) is 41.2 Å². The van der Waals surface area contributed by atoms with Crippen molar-refractivity contribution >= 4 is 15.9 Å². The summed E-state index contributed by atoms with van der Waals surface area (Å²) in [5.74, 6) is -0.147. The van der Waals surface area contributed by atoms with Gasteiger partial charge in [-0.15, -0.1) is 0 Å². The summed E-state index contributed by atoms with van der Waals surface area (Å²) in [5, 5.41) is 3.51. The molecule has 0 aliphatic carbocycles. The second kappa shape index (κ2) is 7.00. The van der Waals surface area contributed by atoms with Gasteiger partial charge in [-0.3, -0.25) is 0 Å². The molecule has 0 heterocycles. The van der Waals surface area contributed by atoms with E-state index in [1.54, 1.807) is 6.07 Å². The van der Waals surface area contributed by atoms with Crippen LogP contribution in [-0.2, 0) is 0 Å². The van der Waals surface area contributed by atoms with Crippen molar-refractivity contribution in [2.75, 3.05) is 0 Å². The van der Waals surface area contributed by atoms with Crippen LogP contribution in [0.5, 0.6) is 0 Å². The minimum atomic E-state index is -0.147. The molecular formula is C17H19BrFN. The van der Waals surface area contributed by atoms with Gasteiger partial charge in [-0.05, 0) is 31.0 Å². The van der Waals surface area contributed by atoms with Crippen LogP contribution in [0.3, 0.4) is 0 Å². The Kier molecular flexibility index (Phi) is 5.32. The number of benzene rings is 2. The third kappa shape index (κ3) is 3.47. The fourth-order valence-electron chi connectivity index (χ4n) is 2.40. The second-order valence-electron chi connectivity index (χ2n) is 4.89. The van der Waals surface area contributed by atoms with E-state index in [0.717, 1.165) is 16.5 Å². The molecule has 0 amide bonds. The molecule has 0 aliphatic heterocycles. The molecule has 0 fully saturated rings. The van der Waals surface area contributed by atoms with Crippen LogP contribution in [0.4, 0.5) is 4.39 Å². The van der Waals surface area contributed by atoms with Gasteiger partial charge >= 0.3 is 0 Å². The van der Waals surface area contributed by atoms with Crippen LogP contribution in [0.15, 0.2) is 53.0 Å². The summed E-state index contributed by atoms with van der Waals surface area (Å²) in [6.45, 7) is 4.17. The molecule has 0 aliphatic rings. The predicted molar refractivity (Wildman–Crippen MR) is 85.1 cm³/mol. The lowest BCUT2D eigenvalue weighted by Crippen LogP contribution is -2.25. The van der Waals surface area contributed by atoms with Gasteiger partial charge in [0.1, 0.15) is 5.82 Å². The minimum absolute atomic E-state index is 0.0123. The Morgan fingerprint density at radius 2 is 1.65 bits per heavy atom. The zero-order valence-electron chi connectivity index (χ0n) is 11.7. The zero-order valence-corrected chi connectivity index (χ0v) is 13.3. The molecule has 1 N–H and O–H groups in total. The Morgan fingerprint density at radius 1 is 1.05 bits per heavy atom. The smallest absolute Gasteiger partial charge is 0.127 e. The van der Waals surface area contributed by atoms with Gasteiger partial charge in [0.25, 0.3) is 0 Å². The van der Waals surface area contributed by atoms with E-state index < -0.39 is 0 Å². The summed E-state index contributed by atoms with van der Waals surface area (Å²) in [4.78, 5) is 0. The first-order valence-electron chi connectivity index (χ1n) is 6.88. The van der Waals surface area contributed by atoms with E-state index in [1.165, 1.54) is 11.6 Å². The van der Waals surface area contributed by atoms with Crippen LogP contribution in [0.2, 0.25) is 0 Å². The molecule has 3 heteroatoms. The largest absolute Gasteiger partial charge is 0.303 e. The number of nitrogens with one attached hydrogen (secondary N) is 1. The van der Waals surface area contributed by atoms with E-state index in [0.29, 0.717) is 0 Å². The van der Waals surface area contributed by atoms with Gasteiger partial charge in [0, 0.05) is 22.1 Å². The highest BCUT2D eigenvalue weighted by molar-refractivity contribution is 9.10. The number of halogens is 2. The first kappa shape index (κ1) is 15.2. The van der Waals surface area contributed by atoms with Crippen molar-refractivity contribution in [1.29, 1.82) is 0 Å². The van der Waals surface area contributed by atoms with Crippen LogP contribution >= 0.6 is 15.9 Å². The lowest BCUT2D eigenvalue weighted by molar-refractivity contribution is 0.438. The Hall–Kier alpha value is -1.19. The molecule has 2 aromatic carbocycles. The van der Waals surface area contributed by atoms with E-state index in [4.69, 9.17) is 0 Å². The summed E-state index contributed by atoms with van der Waals surface area (Å²) in [5.41, 5.74) is 1.91. The highest BCUT2D eigenvalue weighted by atomic mass is 79.9. The van der Waals surface area contributed by atoms with Crippen molar-refractivity contribution < 1.29 is 4.39 Å². The number of hydrogen-bond donors (Lipinski definition) is 1. The summed E-state index contributed by atoms with van der Waals surface area (Å²) in [7, 11) is 0. The molecular weight excluding hydrogens is 317 g/mol. The monoisotopic (exact) mass is 335 g/mol.